The van der Waals surface area contributed by atoms with Crippen molar-refractivity contribution in [3.8, 4) is 0 Å². The Labute approximate surface area is 134 Å². The lowest BCUT2D eigenvalue weighted by molar-refractivity contribution is -0.142. The monoisotopic (exact) mass is 309 g/mol. The van der Waals surface area contributed by atoms with Crippen molar-refractivity contribution >= 4 is 11.8 Å². The molecule has 2 aliphatic rings. The maximum Gasteiger partial charge on any atom is 0.225 e. The molecule has 0 spiro atoms. The number of likely N-dealkylation sites (tertiary alicyclic amines) is 1. The second-order valence-corrected chi connectivity index (χ2v) is 7.01. The number of likely N-dealkylation sites (N-methyl/N-ethyl adjacent to an activating group) is 1. The zero-order valence-corrected chi connectivity index (χ0v) is 14.4. The Hall–Kier alpha value is -1.10. The van der Waals surface area contributed by atoms with Gasteiger partial charge in [0, 0.05) is 51.6 Å². The summed E-state index contributed by atoms with van der Waals surface area (Å²) in [5.41, 5.74) is 0. The average Bonchev–Trinajstić information content (AvgIpc) is 2.54. The highest BCUT2D eigenvalue weighted by molar-refractivity contribution is 5.80. The van der Waals surface area contributed by atoms with Crippen molar-refractivity contribution in [1.29, 1.82) is 0 Å². The summed E-state index contributed by atoms with van der Waals surface area (Å²) in [6, 6.07) is 0. The van der Waals surface area contributed by atoms with Crippen molar-refractivity contribution in [2.45, 2.75) is 40.0 Å². The van der Waals surface area contributed by atoms with Gasteiger partial charge in [-0.3, -0.25) is 9.59 Å². The van der Waals surface area contributed by atoms with Crippen LogP contribution in [0.3, 0.4) is 0 Å². The summed E-state index contributed by atoms with van der Waals surface area (Å²) >= 11 is 0. The molecule has 0 unspecified atom stereocenters. The quantitative estimate of drug-likeness (QED) is 0.789. The van der Waals surface area contributed by atoms with Crippen LogP contribution in [-0.2, 0) is 9.59 Å². The van der Waals surface area contributed by atoms with E-state index in [1.165, 1.54) is 0 Å². The normalized spacial score (nSPS) is 21.5. The van der Waals surface area contributed by atoms with E-state index in [-0.39, 0.29) is 11.8 Å². The van der Waals surface area contributed by atoms with Gasteiger partial charge in [-0.1, -0.05) is 20.8 Å². The molecule has 126 valence electrons. The van der Waals surface area contributed by atoms with Gasteiger partial charge in [-0.2, -0.15) is 0 Å². The van der Waals surface area contributed by atoms with Crippen LogP contribution in [0.2, 0.25) is 0 Å². The molecule has 2 rings (SSSR count). The summed E-state index contributed by atoms with van der Waals surface area (Å²) in [6.45, 7) is 12.6. The average molecular weight is 309 g/mol. The summed E-state index contributed by atoms with van der Waals surface area (Å²) in [5, 5.41) is 0. The van der Waals surface area contributed by atoms with Crippen LogP contribution < -0.4 is 0 Å². The van der Waals surface area contributed by atoms with Crippen LogP contribution in [0, 0.1) is 11.8 Å². The standard InChI is InChI=1S/C17H31N3O2/c1-4-18-9-11-20(12-10-18)17(22)15-5-7-19(8-6-15)16(21)13-14(2)3/h14-15H,4-13H2,1-3H3. The molecule has 0 aromatic carbocycles. The highest BCUT2D eigenvalue weighted by Gasteiger charge is 2.31. The van der Waals surface area contributed by atoms with Crippen LogP contribution >= 0.6 is 0 Å². The number of nitrogens with zero attached hydrogens (tertiary/aromatic N) is 3. The predicted molar refractivity (Wildman–Crippen MR) is 87.5 cm³/mol. The third kappa shape index (κ3) is 4.45. The van der Waals surface area contributed by atoms with Crippen molar-refractivity contribution < 1.29 is 9.59 Å². The van der Waals surface area contributed by atoms with E-state index in [1.807, 2.05) is 9.80 Å². The smallest absolute Gasteiger partial charge is 0.225 e. The summed E-state index contributed by atoms with van der Waals surface area (Å²) < 4.78 is 0. The Morgan fingerprint density at radius 3 is 2.05 bits per heavy atom. The molecule has 0 aliphatic carbocycles. The first kappa shape index (κ1) is 17.3. The summed E-state index contributed by atoms with van der Waals surface area (Å²) in [5.74, 6) is 1.09. The number of carbonyl (C=O) groups excluding carboxylic acids is 2. The van der Waals surface area contributed by atoms with Gasteiger partial charge in [0.05, 0.1) is 0 Å². The number of carbonyl (C=O) groups is 2. The van der Waals surface area contributed by atoms with E-state index in [0.717, 1.165) is 58.7 Å². The van der Waals surface area contributed by atoms with Gasteiger partial charge in [-0.05, 0) is 25.3 Å². The fourth-order valence-corrected chi connectivity index (χ4v) is 3.40. The van der Waals surface area contributed by atoms with Crippen LogP contribution in [0.25, 0.3) is 0 Å². The molecule has 0 bridgehead atoms. The lowest BCUT2D eigenvalue weighted by Gasteiger charge is -2.38. The Morgan fingerprint density at radius 2 is 1.55 bits per heavy atom. The minimum atomic E-state index is 0.122. The summed E-state index contributed by atoms with van der Waals surface area (Å²) in [4.78, 5) is 31.0. The Bertz CT molecular complexity index is 381. The maximum absolute atomic E-state index is 12.6. The fraction of sp³-hybridized carbons (Fsp3) is 0.882. The van der Waals surface area contributed by atoms with Crippen molar-refractivity contribution in [2.75, 3.05) is 45.8 Å². The first-order chi connectivity index (χ1) is 10.5. The molecule has 2 saturated heterocycles. The number of piperazine rings is 1. The Morgan fingerprint density at radius 1 is 0.955 bits per heavy atom. The van der Waals surface area contributed by atoms with Crippen LogP contribution in [0.1, 0.15) is 40.0 Å². The molecule has 0 atom stereocenters. The van der Waals surface area contributed by atoms with Crippen molar-refractivity contribution in [3.05, 3.63) is 0 Å². The SMILES string of the molecule is CCN1CCN(C(=O)C2CCN(C(=O)CC(C)C)CC2)CC1. The van der Waals surface area contributed by atoms with Crippen LogP contribution in [0.15, 0.2) is 0 Å². The molecule has 2 amide bonds. The summed E-state index contributed by atoms with van der Waals surface area (Å²) in [6.07, 6.45) is 2.28. The van der Waals surface area contributed by atoms with Gasteiger partial charge in [0.1, 0.15) is 0 Å². The van der Waals surface area contributed by atoms with Crippen molar-refractivity contribution in [2.24, 2.45) is 11.8 Å². The van der Waals surface area contributed by atoms with Gasteiger partial charge in [-0.25, -0.2) is 0 Å². The van der Waals surface area contributed by atoms with E-state index in [4.69, 9.17) is 0 Å². The topological polar surface area (TPSA) is 43.9 Å². The number of amides is 2. The van der Waals surface area contributed by atoms with E-state index in [2.05, 4.69) is 25.7 Å². The van der Waals surface area contributed by atoms with Crippen LogP contribution in [-0.4, -0.2) is 72.3 Å². The molecular weight excluding hydrogens is 278 g/mol. The minimum absolute atomic E-state index is 0.122. The molecule has 0 saturated carbocycles. The van der Waals surface area contributed by atoms with E-state index in [9.17, 15) is 9.59 Å². The van der Waals surface area contributed by atoms with Gasteiger partial charge < -0.3 is 14.7 Å². The van der Waals surface area contributed by atoms with E-state index >= 15 is 0 Å². The van der Waals surface area contributed by atoms with Gasteiger partial charge in [-0.15, -0.1) is 0 Å². The third-order valence-corrected chi connectivity index (χ3v) is 4.91. The molecule has 0 aromatic heterocycles. The lowest BCUT2D eigenvalue weighted by atomic mass is 9.94. The van der Waals surface area contributed by atoms with E-state index < -0.39 is 0 Å². The second kappa shape index (κ2) is 7.95. The largest absolute Gasteiger partial charge is 0.343 e. The molecular formula is C17H31N3O2. The second-order valence-electron chi connectivity index (χ2n) is 7.01. The van der Waals surface area contributed by atoms with E-state index in [0.29, 0.717) is 18.2 Å². The molecule has 22 heavy (non-hydrogen) atoms. The fourth-order valence-electron chi connectivity index (χ4n) is 3.40. The van der Waals surface area contributed by atoms with E-state index in [1.54, 1.807) is 0 Å². The van der Waals surface area contributed by atoms with Gasteiger partial charge in [0.25, 0.3) is 0 Å². The van der Waals surface area contributed by atoms with Crippen LogP contribution in [0.5, 0.6) is 0 Å². The van der Waals surface area contributed by atoms with Gasteiger partial charge in [0.2, 0.25) is 11.8 Å². The van der Waals surface area contributed by atoms with Crippen molar-refractivity contribution in [3.63, 3.8) is 0 Å². The highest BCUT2D eigenvalue weighted by Crippen LogP contribution is 2.21. The predicted octanol–water partition coefficient (Wildman–Crippen LogP) is 1.44. The first-order valence-electron chi connectivity index (χ1n) is 8.80. The lowest BCUT2D eigenvalue weighted by Crippen LogP contribution is -2.51. The molecule has 5 nitrogen and oxygen atoms in total. The Balaban J connectivity index is 1.77. The van der Waals surface area contributed by atoms with Gasteiger partial charge in [0.15, 0.2) is 0 Å². The number of hydrogen-bond acceptors (Lipinski definition) is 3. The molecule has 0 N–H and O–H groups in total. The molecule has 0 radical (unpaired) electrons. The molecule has 2 heterocycles. The molecule has 5 heteroatoms. The zero-order valence-electron chi connectivity index (χ0n) is 14.4. The van der Waals surface area contributed by atoms with Crippen LogP contribution in [0.4, 0.5) is 0 Å². The molecule has 2 fully saturated rings. The Kier molecular flexibility index (Phi) is 6.24. The maximum atomic E-state index is 12.6. The molecule has 2 aliphatic heterocycles. The van der Waals surface area contributed by atoms with Crippen molar-refractivity contribution in [1.82, 2.24) is 14.7 Å². The molecule has 0 aromatic rings. The zero-order chi connectivity index (χ0) is 16.1. The first-order valence-corrected chi connectivity index (χ1v) is 8.80. The number of rotatable bonds is 4. The van der Waals surface area contributed by atoms with Gasteiger partial charge >= 0.3 is 0 Å². The number of piperidine rings is 1. The third-order valence-electron chi connectivity index (χ3n) is 4.91. The highest BCUT2D eigenvalue weighted by atomic mass is 16.2. The number of hydrogen-bond donors (Lipinski definition) is 0. The minimum Gasteiger partial charge on any atom is -0.343 e. The summed E-state index contributed by atoms with van der Waals surface area (Å²) in [7, 11) is 0.